The van der Waals surface area contributed by atoms with Gasteiger partial charge in [-0.15, -0.1) is 0 Å². The molecule has 1 aliphatic heterocycles. The van der Waals surface area contributed by atoms with E-state index < -0.39 is 27.8 Å². The Morgan fingerprint density at radius 1 is 0.906 bits per heavy atom. The van der Waals surface area contributed by atoms with Crippen LogP contribution in [0.4, 0.5) is 0 Å². The van der Waals surface area contributed by atoms with Crippen LogP contribution in [0.1, 0.15) is 130 Å². The van der Waals surface area contributed by atoms with Crippen LogP contribution in [0.2, 0.25) is 0 Å². The Balaban J connectivity index is 0.963. The largest absolute Gasteiger partial charge is 0.481 e. The highest BCUT2D eigenvalue weighted by Crippen LogP contribution is 2.72. The van der Waals surface area contributed by atoms with Crippen molar-refractivity contribution in [3.63, 3.8) is 0 Å². The molecule has 53 heavy (non-hydrogen) atoms. The predicted molar refractivity (Wildman–Crippen MR) is 211 cm³/mol. The molecule has 8 rings (SSSR count). The van der Waals surface area contributed by atoms with Crippen molar-refractivity contribution in [2.24, 2.45) is 51.2 Å². The first-order chi connectivity index (χ1) is 25.2. The van der Waals surface area contributed by atoms with E-state index in [4.69, 9.17) is 4.74 Å². The van der Waals surface area contributed by atoms with Gasteiger partial charge in [-0.25, -0.2) is 4.98 Å². The van der Waals surface area contributed by atoms with Gasteiger partial charge in [0.2, 0.25) is 5.88 Å². The predicted octanol–water partition coefficient (Wildman–Crippen LogP) is 8.65. The number of pyridine rings is 1. The van der Waals surface area contributed by atoms with Gasteiger partial charge >= 0.3 is 5.97 Å². The van der Waals surface area contributed by atoms with Gasteiger partial charge in [-0.1, -0.05) is 52.3 Å². The van der Waals surface area contributed by atoms with Crippen LogP contribution in [0.25, 0.3) is 0 Å². The van der Waals surface area contributed by atoms with Crippen LogP contribution in [0.15, 0.2) is 47.7 Å². The lowest BCUT2D eigenvalue weighted by Gasteiger charge is -2.68. The number of carbonyl (C=O) groups is 1. The molecule has 6 aliphatic carbocycles. The first kappa shape index (κ1) is 37.9. The summed E-state index contributed by atoms with van der Waals surface area (Å²) in [5.41, 5.74) is 2.19. The maximum Gasteiger partial charge on any atom is 0.313 e. The SMILES string of the molecule is CC1(C)C(C2=CCC(COc3ccccn3)(C(=O)O)CC2)=CC[C@@]2(C)C1CC[C@@]1(C)C3CC[C@@]4(NCCC5(O)CCS(=O)CC5)CCC[C@@H]4[C@H]3CCC12. The Hall–Kier alpha value is -2.03. The van der Waals surface area contributed by atoms with Crippen LogP contribution >= 0.6 is 0 Å². The van der Waals surface area contributed by atoms with Gasteiger partial charge in [0.15, 0.2) is 0 Å². The molecule has 3 N–H and O–H groups in total. The van der Waals surface area contributed by atoms with Gasteiger partial charge < -0.3 is 20.3 Å². The van der Waals surface area contributed by atoms with Gasteiger partial charge in [0.05, 0.1) is 5.60 Å². The standard InChI is InChI=1S/C45H66N2O5S/c1-40(2)33(31-12-20-43(21-13-31,39(48)49)30-52-38-9-5-6-26-46-38)14-18-42(4)36(40)16-19-41(3)34-15-22-45(17-7-8-35(45)32(34)10-11-37(41)42)47-27-23-44(50)24-28-53(51)29-25-44/h5-6,9,12,14,26,32,34-37,47,50H,7-8,10-11,13,15-25,27-30H2,1-4H3,(H,48,49)/t32-,34?,35+,36?,37?,41-,42-,43?,44?,45-,53?/m0/s1. The number of carboxylic acid groups (broad SMARTS) is 1. The number of allylic oxidation sites excluding steroid dienone is 4. The highest BCUT2D eigenvalue weighted by atomic mass is 32.2. The minimum Gasteiger partial charge on any atom is -0.481 e. The molecule has 4 unspecified atom stereocenters. The van der Waals surface area contributed by atoms with Crippen LogP contribution < -0.4 is 10.1 Å². The second-order valence-corrected chi connectivity index (χ2v) is 21.7. The van der Waals surface area contributed by atoms with Gasteiger partial charge in [-0.3, -0.25) is 9.00 Å². The van der Waals surface area contributed by atoms with Crippen molar-refractivity contribution in [3.8, 4) is 5.88 Å². The highest BCUT2D eigenvalue weighted by molar-refractivity contribution is 7.85. The van der Waals surface area contributed by atoms with E-state index in [1.807, 2.05) is 12.1 Å². The molecule has 0 amide bonds. The third kappa shape index (κ3) is 6.41. The normalized spacial score (nSPS) is 44.7. The topological polar surface area (TPSA) is 109 Å². The summed E-state index contributed by atoms with van der Waals surface area (Å²) in [6, 6.07) is 5.50. The van der Waals surface area contributed by atoms with Crippen molar-refractivity contribution in [2.45, 2.75) is 142 Å². The van der Waals surface area contributed by atoms with E-state index in [0.29, 0.717) is 54.4 Å². The summed E-state index contributed by atoms with van der Waals surface area (Å²) in [6.07, 6.45) is 23.5. The molecule has 5 fully saturated rings. The summed E-state index contributed by atoms with van der Waals surface area (Å²) in [4.78, 5) is 16.9. The number of aromatic nitrogens is 1. The summed E-state index contributed by atoms with van der Waals surface area (Å²) in [5, 5.41) is 25.7. The number of nitrogens with one attached hydrogen (secondary N) is 1. The van der Waals surface area contributed by atoms with Crippen LogP contribution in [-0.2, 0) is 15.6 Å². The summed E-state index contributed by atoms with van der Waals surface area (Å²) >= 11 is 0. The first-order valence-electron chi connectivity index (χ1n) is 21.2. The van der Waals surface area contributed by atoms with E-state index in [0.717, 1.165) is 49.5 Å². The number of fused-ring (bicyclic) bond motifs is 7. The molecule has 0 radical (unpaired) electrons. The maximum atomic E-state index is 12.6. The number of carboxylic acids is 1. The lowest BCUT2D eigenvalue weighted by atomic mass is 9.37. The number of aliphatic carboxylic acids is 1. The van der Waals surface area contributed by atoms with E-state index in [-0.39, 0.29) is 23.0 Å². The van der Waals surface area contributed by atoms with E-state index in [1.165, 1.54) is 68.9 Å². The highest BCUT2D eigenvalue weighted by Gasteiger charge is 2.65. The average molecular weight is 747 g/mol. The molecule has 7 aliphatic rings. The van der Waals surface area contributed by atoms with Gasteiger partial charge in [0.25, 0.3) is 0 Å². The third-order valence-electron chi connectivity index (χ3n) is 17.3. The molecule has 1 aromatic heterocycles. The number of hydrogen-bond acceptors (Lipinski definition) is 6. The fraction of sp³-hybridized carbons (Fsp3) is 0.778. The Kier molecular flexibility index (Phi) is 9.91. The molecule has 8 heteroatoms. The van der Waals surface area contributed by atoms with Gasteiger partial charge in [0.1, 0.15) is 12.0 Å². The Morgan fingerprint density at radius 3 is 2.43 bits per heavy atom. The van der Waals surface area contributed by atoms with Crippen molar-refractivity contribution >= 4 is 16.8 Å². The quantitative estimate of drug-likeness (QED) is 0.232. The molecule has 7 nitrogen and oxygen atoms in total. The summed E-state index contributed by atoms with van der Waals surface area (Å²) < 4.78 is 17.9. The minimum absolute atomic E-state index is 0.0409. The van der Waals surface area contributed by atoms with Crippen LogP contribution in [-0.4, -0.2) is 61.2 Å². The number of nitrogens with zero attached hydrogens (tertiary/aromatic N) is 1. The molecule has 1 saturated heterocycles. The van der Waals surface area contributed by atoms with Crippen molar-refractivity contribution in [1.29, 1.82) is 0 Å². The second kappa shape index (κ2) is 13.9. The number of rotatable bonds is 9. The summed E-state index contributed by atoms with van der Waals surface area (Å²) in [5.74, 6) is 4.68. The number of aliphatic hydroxyl groups is 1. The van der Waals surface area contributed by atoms with E-state index >= 15 is 0 Å². The molecule has 2 heterocycles. The molecule has 4 saturated carbocycles. The maximum absolute atomic E-state index is 12.6. The number of hydrogen-bond donors (Lipinski definition) is 3. The van der Waals surface area contributed by atoms with Gasteiger partial charge in [-0.05, 0) is 166 Å². The van der Waals surface area contributed by atoms with Crippen LogP contribution in [0, 0.1) is 51.2 Å². The van der Waals surface area contributed by atoms with E-state index in [1.54, 1.807) is 12.3 Å². The van der Waals surface area contributed by atoms with Gasteiger partial charge in [-0.2, -0.15) is 0 Å². The molecule has 9 atom stereocenters. The molecule has 0 aromatic carbocycles. The van der Waals surface area contributed by atoms with Crippen molar-refractivity contribution in [3.05, 3.63) is 47.7 Å². The smallest absolute Gasteiger partial charge is 0.313 e. The molecule has 292 valence electrons. The third-order valence-corrected chi connectivity index (χ3v) is 18.6. The van der Waals surface area contributed by atoms with E-state index in [2.05, 4.69) is 50.1 Å². The van der Waals surface area contributed by atoms with E-state index in [9.17, 15) is 19.2 Å². The molecule has 0 bridgehead atoms. The minimum atomic E-state index is -0.925. The summed E-state index contributed by atoms with van der Waals surface area (Å²) in [6.45, 7) is 11.4. The first-order valence-corrected chi connectivity index (χ1v) is 22.7. The average Bonchev–Trinajstić information content (AvgIpc) is 3.57. The van der Waals surface area contributed by atoms with Crippen molar-refractivity contribution in [2.75, 3.05) is 24.7 Å². The molecule has 0 spiro atoms. The summed E-state index contributed by atoms with van der Waals surface area (Å²) in [7, 11) is -0.747. The van der Waals surface area contributed by atoms with Crippen LogP contribution in [0.5, 0.6) is 5.88 Å². The molecular weight excluding hydrogens is 681 g/mol. The monoisotopic (exact) mass is 746 g/mol. The van der Waals surface area contributed by atoms with Gasteiger partial charge in [0, 0.05) is 40.1 Å². The fourth-order valence-corrected chi connectivity index (χ4v) is 15.9. The number of ether oxygens (including phenoxy) is 1. The molecular formula is C45H66N2O5S. The Morgan fingerprint density at radius 2 is 1.72 bits per heavy atom. The Labute approximate surface area is 321 Å². The van der Waals surface area contributed by atoms with Crippen molar-refractivity contribution < 1.29 is 24.0 Å². The fourth-order valence-electron chi connectivity index (χ4n) is 14.5. The Bertz CT molecular complexity index is 1630. The lowest BCUT2D eigenvalue weighted by molar-refractivity contribution is -0.175. The zero-order chi connectivity index (χ0) is 37.3. The lowest BCUT2D eigenvalue weighted by Crippen LogP contribution is -2.63. The zero-order valence-electron chi connectivity index (χ0n) is 33.0. The molecule has 1 aromatic rings. The van der Waals surface area contributed by atoms with Crippen molar-refractivity contribution in [1.82, 2.24) is 10.3 Å². The zero-order valence-corrected chi connectivity index (χ0v) is 33.8. The van der Waals surface area contributed by atoms with Crippen LogP contribution in [0.3, 0.4) is 0 Å². The second-order valence-electron chi connectivity index (χ2n) is 20.0.